The van der Waals surface area contributed by atoms with Crippen LogP contribution in [0.2, 0.25) is 0 Å². The molecule has 0 atom stereocenters. The van der Waals surface area contributed by atoms with E-state index in [2.05, 4.69) is 0 Å². The molecule has 0 unspecified atom stereocenters. The summed E-state index contributed by atoms with van der Waals surface area (Å²) in [5, 5.41) is 0. The molecular formula is C7H4F3NaS. The quantitative estimate of drug-likeness (QED) is 0.628. The fourth-order valence-corrected chi connectivity index (χ4v) is 2.00. The van der Waals surface area contributed by atoms with E-state index < -0.39 is 11.7 Å². The van der Waals surface area contributed by atoms with E-state index in [0.717, 1.165) is 43.4 Å². The second-order valence-electron chi connectivity index (χ2n) is 2.23. The maximum absolute atomic E-state index is 12.0. The van der Waals surface area contributed by atoms with Crippen molar-refractivity contribution < 1.29 is 13.2 Å². The van der Waals surface area contributed by atoms with Gasteiger partial charge in [0.25, 0.3) is 0 Å². The fraction of sp³-hybridized carbons (Fsp3) is 0.143. The van der Waals surface area contributed by atoms with E-state index in [1.165, 1.54) is 12.1 Å². The molecule has 1 aromatic rings. The maximum atomic E-state index is 12.0. The van der Waals surface area contributed by atoms with Crippen LogP contribution < -0.4 is 0 Å². The minimum atomic E-state index is -4.21. The molecule has 60 valence electrons. The van der Waals surface area contributed by atoms with Crippen LogP contribution in [0.4, 0.5) is 13.2 Å². The van der Waals surface area contributed by atoms with Gasteiger partial charge in [-0.15, -0.1) is 0 Å². The molecule has 12 heavy (non-hydrogen) atoms. The Kier molecular flexibility index (Phi) is 3.52. The van der Waals surface area contributed by atoms with Crippen LogP contribution >= 0.6 is 7.88 Å². The van der Waals surface area contributed by atoms with Gasteiger partial charge in [-0.3, -0.25) is 0 Å². The third-order valence-electron chi connectivity index (χ3n) is 1.42. The standard InChI is InChI=1S/C7H5F3S.Na/c8-7(9,10)5-1-3-6(11)4-2-5;/h1-4,11H;/q;+1/p-1. The number of hydrogen-bond donors (Lipinski definition) is 0. The summed E-state index contributed by atoms with van der Waals surface area (Å²) in [6.07, 6.45) is -4.21. The van der Waals surface area contributed by atoms with E-state index in [1.807, 2.05) is 0 Å². The molecule has 0 bridgehead atoms. The molecule has 0 aliphatic carbocycles. The molecular weight excluding hydrogens is 196 g/mol. The molecule has 0 radical (unpaired) electrons. The first-order valence-corrected chi connectivity index (χ1v) is 6.92. The molecule has 0 saturated heterocycles. The predicted octanol–water partition coefficient (Wildman–Crippen LogP) is 2.88. The van der Waals surface area contributed by atoms with Gasteiger partial charge < -0.3 is 0 Å². The summed E-state index contributed by atoms with van der Waals surface area (Å²) in [4.78, 5) is 0.898. The van der Waals surface area contributed by atoms with Crippen LogP contribution in [0.25, 0.3) is 0 Å². The summed E-state index contributed by atoms with van der Waals surface area (Å²) in [7, 11) is 1.56. The third kappa shape index (κ3) is 2.69. The van der Waals surface area contributed by atoms with Crippen LogP contribution in [0.3, 0.4) is 0 Å². The Hall–Kier alpha value is 0.360. The number of benzene rings is 1. The summed E-state index contributed by atoms with van der Waals surface area (Å²) in [5.41, 5.74) is -0.582. The zero-order valence-corrected chi connectivity index (χ0v) is 9.17. The Morgan fingerprint density at radius 2 is 1.58 bits per heavy atom. The van der Waals surface area contributed by atoms with Gasteiger partial charge in [0, 0.05) is 0 Å². The van der Waals surface area contributed by atoms with Crippen LogP contribution in [-0.4, -0.2) is 26.4 Å². The summed E-state index contributed by atoms with van der Waals surface area (Å²) in [6, 6.07) is 5.22. The first-order chi connectivity index (χ1) is 5.54. The number of rotatable bonds is 1. The molecule has 0 N–H and O–H groups in total. The van der Waals surface area contributed by atoms with Gasteiger partial charge in [0.05, 0.1) is 0 Å². The van der Waals surface area contributed by atoms with Crippen molar-refractivity contribution in [1.29, 1.82) is 0 Å². The van der Waals surface area contributed by atoms with Gasteiger partial charge >= 0.3 is 88.3 Å². The predicted molar refractivity (Wildman–Crippen MR) is 43.1 cm³/mol. The summed E-state index contributed by atoms with van der Waals surface area (Å²) in [5.74, 6) is 0. The first kappa shape index (κ1) is 10.4. The second-order valence-corrected chi connectivity index (χ2v) is 4.33. The molecule has 0 amide bonds. The van der Waals surface area contributed by atoms with Crippen LogP contribution in [0.1, 0.15) is 5.56 Å². The van der Waals surface area contributed by atoms with Gasteiger partial charge in [0.2, 0.25) is 0 Å². The summed E-state index contributed by atoms with van der Waals surface area (Å²) in [6.45, 7) is 0. The monoisotopic (exact) mass is 200 g/mol. The molecule has 0 aliphatic heterocycles. The van der Waals surface area contributed by atoms with E-state index >= 15 is 0 Å². The van der Waals surface area contributed by atoms with Gasteiger partial charge in [-0.05, 0) is 0 Å². The van der Waals surface area contributed by atoms with Crippen LogP contribution in [0.15, 0.2) is 29.2 Å². The van der Waals surface area contributed by atoms with Crippen molar-refractivity contribution in [3.63, 3.8) is 0 Å². The van der Waals surface area contributed by atoms with Gasteiger partial charge in [0.15, 0.2) is 0 Å². The Morgan fingerprint density at radius 1 is 1.08 bits per heavy atom. The topological polar surface area (TPSA) is 0 Å². The van der Waals surface area contributed by atoms with Crippen molar-refractivity contribution in [2.24, 2.45) is 0 Å². The summed E-state index contributed by atoms with van der Waals surface area (Å²) >= 11 is 0.899. The summed E-state index contributed by atoms with van der Waals surface area (Å²) < 4.78 is 36.1. The molecule has 0 heterocycles. The van der Waals surface area contributed by atoms with Crippen LogP contribution in [0.5, 0.6) is 0 Å². The molecule has 0 nitrogen and oxygen atoms in total. The second kappa shape index (κ2) is 4.05. The van der Waals surface area contributed by atoms with Crippen molar-refractivity contribution in [3.8, 4) is 0 Å². The van der Waals surface area contributed by atoms with Crippen molar-refractivity contribution in [2.75, 3.05) is 0 Å². The molecule has 1 rings (SSSR count). The van der Waals surface area contributed by atoms with Crippen LogP contribution in [-0.2, 0) is 6.18 Å². The molecule has 0 aromatic heterocycles. The Labute approximate surface area is 87.9 Å². The number of hydrogen-bond acceptors (Lipinski definition) is 1. The van der Waals surface area contributed by atoms with E-state index in [0.29, 0.717) is 0 Å². The average Bonchev–Trinajstić information content (AvgIpc) is 2.03. The number of alkyl halides is 3. The van der Waals surface area contributed by atoms with Gasteiger partial charge in [-0.1, -0.05) is 0 Å². The zero-order valence-electron chi connectivity index (χ0n) is 6.35. The Morgan fingerprint density at radius 3 is 1.92 bits per heavy atom. The van der Waals surface area contributed by atoms with Crippen molar-refractivity contribution in [3.05, 3.63) is 29.8 Å². The van der Waals surface area contributed by atoms with Crippen molar-refractivity contribution in [2.45, 2.75) is 11.1 Å². The third-order valence-corrected chi connectivity index (χ3v) is 3.58. The average molecular weight is 200 g/mol. The van der Waals surface area contributed by atoms with E-state index in [9.17, 15) is 13.2 Å². The minimum absolute atomic E-state index is 0.582. The number of halogens is 3. The van der Waals surface area contributed by atoms with Gasteiger partial charge in [-0.2, -0.15) is 0 Å². The van der Waals surface area contributed by atoms with E-state index in [-0.39, 0.29) is 0 Å². The SMILES string of the molecule is FC(F)(F)c1ccc([S][Na])cc1. The zero-order chi connectivity index (χ0) is 9.19. The fourth-order valence-electron chi connectivity index (χ4n) is 0.780. The van der Waals surface area contributed by atoms with Gasteiger partial charge in [0.1, 0.15) is 0 Å². The normalized spacial score (nSPS) is 11.8. The van der Waals surface area contributed by atoms with Gasteiger partial charge in [-0.25, -0.2) is 0 Å². The van der Waals surface area contributed by atoms with Crippen molar-refractivity contribution in [1.82, 2.24) is 0 Å². The molecule has 0 spiro atoms. The molecule has 0 fully saturated rings. The van der Waals surface area contributed by atoms with Crippen molar-refractivity contribution >= 4 is 34.2 Å². The molecule has 1 aromatic carbocycles. The van der Waals surface area contributed by atoms with E-state index in [4.69, 9.17) is 0 Å². The molecule has 5 heteroatoms. The Balaban J connectivity index is 2.93. The van der Waals surface area contributed by atoms with Crippen LogP contribution in [0, 0.1) is 0 Å². The first-order valence-electron chi connectivity index (χ1n) is 3.25. The Bertz CT molecular complexity index is 254. The molecule has 0 saturated carbocycles. The van der Waals surface area contributed by atoms with E-state index in [1.54, 1.807) is 7.88 Å². The molecule has 0 aliphatic rings.